The third-order valence-electron chi connectivity index (χ3n) is 2.66. The van der Waals surface area contributed by atoms with Crippen LogP contribution in [0.15, 0.2) is 0 Å². The van der Waals surface area contributed by atoms with Crippen molar-refractivity contribution in [1.29, 1.82) is 0 Å². The number of hydrogen-bond donors (Lipinski definition) is 1. The Morgan fingerprint density at radius 1 is 1.00 bits per heavy atom. The average Bonchev–Trinajstić information content (AvgIpc) is 2.17. The molecule has 0 amide bonds. The molecule has 0 bridgehead atoms. The van der Waals surface area contributed by atoms with Crippen molar-refractivity contribution in [3.05, 3.63) is 0 Å². The van der Waals surface area contributed by atoms with Gasteiger partial charge in [0.25, 0.3) is 7.48 Å². The second kappa shape index (κ2) is 10.1. The minimum absolute atomic E-state index is 0.436. The highest BCUT2D eigenvalue weighted by Gasteiger charge is 2.05. The summed E-state index contributed by atoms with van der Waals surface area (Å²) in [6, 6.07) is 0. The molecule has 1 radical (unpaired) electrons. The van der Waals surface area contributed by atoms with Crippen LogP contribution in [0.25, 0.3) is 0 Å². The molecule has 1 N–H and O–H groups in total. The first-order valence-corrected chi connectivity index (χ1v) is 5.82. The molecule has 0 spiro atoms. The summed E-state index contributed by atoms with van der Waals surface area (Å²) in [6.45, 7) is 4.38. The summed E-state index contributed by atoms with van der Waals surface area (Å²) in [5.74, 6) is 0.436. The lowest BCUT2D eigenvalue weighted by Gasteiger charge is -2.08. The van der Waals surface area contributed by atoms with Gasteiger partial charge < -0.3 is 5.02 Å². The first-order valence-electron chi connectivity index (χ1n) is 5.82. The highest BCUT2D eigenvalue weighted by atomic mass is 16.2. The van der Waals surface area contributed by atoms with Gasteiger partial charge in [-0.05, 0) is 5.82 Å². The highest BCUT2D eigenvalue weighted by Crippen LogP contribution is 2.18. The predicted octanol–water partition coefficient (Wildman–Crippen LogP) is 3.55. The summed E-state index contributed by atoms with van der Waals surface area (Å²) in [7, 11) is 1.37. The molecule has 1 atom stereocenters. The van der Waals surface area contributed by atoms with Gasteiger partial charge in [0.2, 0.25) is 0 Å². The van der Waals surface area contributed by atoms with E-state index in [-0.39, 0.29) is 0 Å². The predicted molar refractivity (Wildman–Crippen MR) is 60.0 cm³/mol. The van der Waals surface area contributed by atoms with Crippen molar-refractivity contribution in [2.75, 3.05) is 0 Å². The lowest BCUT2D eigenvalue weighted by molar-refractivity contribution is 0.526. The Balaban J connectivity index is 3.05. The first-order chi connectivity index (χ1) is 6.35. The van der Waals surface area contributed by atoms with Crippen molar-refractivity contribution in [2.24, 2.45) is 0 Å². The monoisotopic (exact) mass is 183 g/mol. The lowest BCUT2D eigenvalue weighted by Crippen LogP contribution is -2.01. The minimum Gasteiger partial charge on any atom is -0.454 e. The van der Waals surface area contributed by atoms with Crippen molar-refractivity contribution >= 4 is 7.48 Å². The zero-order valence-electron chi connectivity index (χ0n) is 9.26. The van der Waals surface area contributed by atoms with Crippen LogP contribution < -0.4 is 0 Å². The van der Waals surface area contributed by atoms with Gasteiger partial charge in [0.05, 0.1) is 0 Å². The fraction of sp³-hybridized carbons (Fsp3) is 1.00. The third kappa shape index (κ3) is 8.36. The van der Waals surface area contributed by atoms with Crippen LogP contribution in [0.2, 0.25) is 5.82 Å². The smallest absolute Gasteiger partial charge is 0.290 e. The van der Waals surface area contributed by atoms with E-state index in [0.29, 0.717) is 5.82 Å². The summed E-state index contributed by atoms with van der Waals surface area (Å²) in [5, 5.41) is 8.84. The molecule has 0 rings (SSSR count). The number of hydrogen-bond acceptors (Lipinski definition) is 1. The van der Waals surface area contributed by atoms with E-state index in [4.69, 9.17) is 5.02 Å². The van der Waals surface area contributed by atoms with Crippen LogP contribution in [-0.4, -0.2) is 12.5 Å². The molecular weight excluding hydrogens is 159 g/mol. The van der Waals surface area contributed by atoms with Crippen molar-refractivity contribution < 1.29 is 5.02 Å². The van der Waals surface area contributed by atoms with E-state index in [0.717, 1.165) is 6.42 Å². The Bertz CT molecular complexity index is 92.1. The van der Waals surface area contributed by atoms with E-state index >= 15 is 0 Å². The fourth-order valence-corrected chi connectivity index (χ4v) is 1.57. The molecule has 0 aliphatic carbocycles. The van der Waals surface area contributed by atoms with Crippen LogP contribution >= 0.6 is 0 Å². The summed E-state index contributed by atoms with van der Waals surface area (Å²) in [6.07, 6.45) is 10.3. The largest absolute Gasteiger partial charge is 0.454 e. The van der Waals surface area contributed by atoms with Gasteiger partial charge in [-0.25, -0.2) is 0 Å². The molecule has 0 unspecified atom stereocenters. The molecule has 0 saturated carbocycles. The Labute approximate surface area is 84.2 Å². The fourth-order valence-electron chi connectivity index (χ4n) is 1.57. The standard InChI is InChI=1S/C11H24BO/c1-3-5-6-7-8-9-10-11(4-2)12-13/h11,13H,3-10H2,1-2H3/t11-/m1/s1. The van der Waals surface area contributed by atoms with Gasteiger partial charge in [0, 0.05) is 0 Å². The minimum atomic E-state index is 0.436. The number of unbranched alkanes of at least 4 members (excludes halogenated alkanes) is 5. The zero-order valence-corrected chi connectivity index (χ0v) is 9.26. The average molecular weight is 183 g/mol. The van der Waals surface area contributed by atoms with E-state index in [2.05, 4.69) is 13.8 Å². The normalized spacial score (nSPS) is 12.8. The summed E-state index contributed by atoms with van der Waals surface area (Å²) >= 11 is 0. The van der Waals surface area contributed by atoms with E-state index < -0.39 is 0 Å². The maximum Gasteiger partial charge on any atom is 0.290 e. The van der Waals surface area contributed by atoms with Crippen LogP contribution in [0.1, 0.15) is 65.2 Å². The van der Waals surface area contributed by atoms with Gasteiger partial charge in [-0.1, -0.05) is 65.2 Å². The Morgan fingerprint density at radius 3 is 2.15 bits per heavy atom. The van der Waals surface area contributed by atoms with Crippen molar-refractivity contribution in [3.63, 3.8) is 0 Å². The molecule has 1 nitrogen and oxygen atoms in total. The maximum absolute atomic E-state index is 8.84. The second-order valence-electron chi connectivity index (χ2n) is 3.87. The summed E-state index contributed by atoms with van der Waals surface area (Å²) < 4.78 is 0. The molecule has 77 valence electrons. The molecule has 0 saturated heterocycles. The Hall–Kier alpha value is 0.0249. The van der Waals surface area contributed by atoms with Gasteiger partial charge in [-0.3, -0.25) is 0 Å². The lowest BCUT2D eigenvalue weighted by atomic mass is 9.75. The maximum atomic E-state index is 8.84. The second-order valence-corrected chi connectivity index (χ2v) is 3.87. The van der Waals surface area contributed by atoms with Gasteiger partial charge >= 0.3 is 0 Å². The summed E-state index contributed by atoms with van der Waals surface area (Å²) in [5.41, 5.74) is 0. The van der Waals surface area contributed by atoms with Crippen molar-refractivity contribution in [3.8, 4) is 0 Å². The Kier molecular flexibility index (Phi) is 10.1. The molecule has 0 aliphatic heterocycles. The van der Waals surface area contributed by atoms with Gasteiger partial charge in [0.15, 0.2) is 0 Å². The number of rotatable bonds is 9. The van der Waals surface area contributed by atoms with Gasteiger partial charge in [-0.15, -0.1) is 0 Å². The van der Waals surface area contributed by atoms with E-state index in [1.54, 1.807) is 0 Å². The van der Waals surface area contributed by atoms with Crippen LogP contribution in [0.4, 0.5) is 0 Å². The van der Waals surface area contributed by atoms with Crippen molar-refractivity contribution in [2.45, 2.75) is 71.0 Å². The van der Waals surface area contributed by atoms with Crippen LogP contribution in [0.5, 0.6) is 0 Å². The molecular formula is C11H24BO. The van der Waals surface area contributed by atoms with Crippen LogP contribution in [-0.2, 0) is 0 Å². The Morgan fingerprint density at radius 2 is 1.62 bits per heavy atom. The molecule has 13 heavy (non-hydrogen) atoms. The third-order valence-corrected chi connectivity index (χ3v) is 2.66. The molecule has 0 fully saturated rings. The van der Waals surface area contributed by atoms with Crippen LogP contribution in [0, 0.1) is 0 Å². The molecule has 0 aromatic heterocycles. The summed E-state index contributed by atoms with van der Waals surface area (Å²) in [4.78, 5) is 0. The molecule has 0 heterocycles. The zero-order chi connectivity index (χ0) is 9.94. The molecule has 0 aromatic carbocycles. The topological polar surface area (TPSA) is 20.2 Å². The highest BCUT2D eigenvalue weighted by molar-refractivity contribution is 6.27. The van der Waals surface area contributed by atoms with Gasteiger partial charge in [0.1, 0.15) is 0 Å². The molecule has 0 aromatic rings. The quantitative estimate of drug-likeness (QED) is 0.428. The molecule has 2 heteroatoms. The first kappa shape index (κ1) is 13.0. The van der Waals surface area contributed by atoms with Crippen molar-refractivity contribution in [1.82, 2.24) is 0 Å². The van der Waals surface area contributed by atoms with Gasteiger partial charge in [-0.2, -0.15) is 0 Å². The SMILES string of the molecule is CCCCCCCC[C@H]([B]O)CC. The molecule has 0 aliphatic rings. The van der Waals surface area contributed by atoms with Crippen LogP contribution in [0.3, 0.4) is 0 Å². The van der Waals surface area contributed by atoms with E-state index in [1.807, 2.05) is 0 Å². The van der Waals surface area contributed by atoms with E-state index in [1.165, 1.54) is 52.4 Å². The van der Waals surface area contributed by atoms with E-state index in [9.17, 15) is 0 Å².